The van der Waals surface area contributed by atoms with Crippen LogP contribution in [-0.4, -0.2) is 4.92 Å². The van der Waals surface area contributed by atoms with E-state index in [1.165, 1.54) is 30.3 Å². The first-order chi connectivity index (χ1) is 9.06. The fourth-order valence-corrected chi connectivity index (χ4v) is 1.70. The third kappa shape index (κ3) is 3.42. The summed E-state index contributed by atoms with van der Waals surface area (Å²) in [4.78, 5) is 10.1. The largest absolute Gasteiger partial charge is 0.489 e. The molecule has 2 rings (SSSR count). The van der Waals surface area contributed by atoms with Gasteiger partial charge in [-0.3, -0.25) is 10.1 Å². The molecule has 98 valence electrons. The lowest BCUT2D eigenvalue weighted by Crippen LogP contribution is -1.97. The summed E-state index contributed by atoms with van der Waals surface area (Å²) in [5.41, 5.74) is 0.413. The number of nitrogens with zero attached hydrogens (tertiary/aromatic N) is 1. The number of ether oxygens (including phenoxy) is 1. The lowest BCUT2D eigenvalue weighted by molar-refractivity contribution is -0.384. The second-order valence-corrected chi connectivity index (χ2v) is 4.20. The molecule has 0 atom stereocenters. The molecule has 0 radical (unpaired) electrons. The van der Waals surface area contributed by atoms with Gasteiger partial charge in [-0.25, -0.2) is 4.39 Å². The molecule has 0 aliphatic carbocycles. The van der Waals surface area contributed by atoms with Gasteiger partial charge in [0.15, 0.2) is 0 Å². The van der Waals surface area contributed by atoms with Crippen molar-refractivity contribution in [2.45, 2.75) is 6.61 Å². The maximum Gasteiger partial charge on any atom is 0.291 e. The predicted octanol–water partition coefficient (Wildman–Crippen LogP) is 3.97. The third-order valence-corrected chi connectivity index (χ3v) is 2.73. The summed E-state index contributed by atoms with van der Waals surface area (Å²) in [7, 11) is 0. The molecule has 0 spiro atoms. The summed E-state index contributed by atoms with van der Waals surface area (Å²) in [5.74, 6) is -0.0523. The molecule has 2 aromatic carbocycles. The Bertz CT molecular complexity index is 619. The second kappa shape index (κ2) is 5.67. The molecule has 0 saturated heterocycles. The first kappa shape index (κ1) is 13.3. The van der Waals surface area contributed by atoms with Gasteiger partial charge >= 0.3 is 0 Å². The zero-order valence-corrected chi connectivity index (χ0v) is 10.4. The molecule has 0 bridgehead atoms. The van der Waals surface area contributed by atoms with E-state index in [1.807, 2.05) is 0 Å². The molecular formula is C13H9ClFNO3. The van der Waals surface area contributed by atoms with Crippen LogP contribution in [0.2, 0.25) is 5.02 Å². The van der Waals surface area contributed by atoms with Crippen molar-refractivity contribution in [3.05, 3.63) is 69.0 Å². The Hall–Kier alpha value is -2.14. The number of hydrogen-bond acceptors (Lipinski definition) is 3. The van der Waals surface area contributed by atoms with Crippen molar-refractivity contribution in [2.24, 2.45) is 0 Å². The SMILES string of the molecule is O=[N+]([O-])c1cc(OCc2cccc(F)c2)ccc1Cl. The van der Waals surface area contributed by atoms with E-state index in [0.717, 1.165) is 0 Å². The Labute approximate surface area is 113 Å². The number of hydrogen-bond donors (Lipinski definition) is 0. The van der Waals surface area contributed by atoms with Crippen LogP contribution < -0.4 is 4.74 Å². The Kier molecular flexibility index (Phi) is 3.97. The van der Waals surface area contributed by atoms with Gasteiger partial charge in [-0.1, -0.05) is 23.7 Å². The molecule has 0 unspecified atom stereocenters. The van der Waals surface area contributed by atoms with Crippen LogP contribution in [0.1, 0.15) is 5.56 Å². The van der Waals surface area contributed by atoms with Gasteiger partial charge in [-0.2, -0.15) is 0 Å². The molecule has 0 aromatic heterocycles. The van der Waals surface area contributed by atoms with Crippen molar-refractivity contribution in [2.75, 3.05) is 0 Å². The van der Waals surface area contributed by atoms with E-state index in [1.54, 1.807) is 12.1 Å². The Morgan fingerprint density at radius 3 is 2.74 bits per heavy atom. The standard InChI is InChI=1S/C13H9ClFNO3/c14-12-5-4-11(7-13(12)16(17)18)19-8-9-2-1-3-10(15)6-9/h1-7H,8H2. The fraction of sp³-hybridized carbons (Fsp3) is 0.0769. The van der Waals surface area contributed by atoms with Crippen molar-refractivity contribution < 1.29 is 14.1 Å². The number of halogens is 2. The monoisotopic (exact) mass is 281 g/mol. The second-order valence-electron chi connectivity index (χ2n) is 3.79. The number of nitro groups is 1. The zero-order valence-electron chi connectivity index (χ0n) is 9.68. The van der Waals surface area contributed by atoms with Crippen molar-refractivity contribution in [1.29, 1.82) is 0 Å². The maximum atomic E-state index is 13.0. The molecular weight excluding hydrogens is 273 g/mol. The summed E-state index contributed by atoms with van der Waals surface area (Å²) < 4.78 is 18.3. The van der Waals surface area contributed by atoms with E-state index in [9.17, 15) is 14.5 Å². The maximum absolute atomic E-state index is 13.0. The van der Waals surface area contributed by atoms with E-state index >= 15 is 0 Å². The molecule has 2 aromatic rings. The summed E-state index contributed by atoms with van der Waals surface area (Å²) in [6, 6.07) is 10.1. The smallest absolute Gasteiger partial charge is 0.291 e. The summed E-state index contributed by atoms with van der Waals surface area (Å²) in [6.45, 7) is 0.122. The predicted molar refractivity (Wildman–Crippen MR) is 68.8 cm³/mol. The van der Waals surface area contributed by atoms with Gasteiger partial charge in [0.05, 0.1) is 11.0 Å². The average molecular weight is 282 g/mol. The summed E-state index contributed by atoms with van der Waals surface area (Å²) in [5, 5.41) is 10.8. The lowest BCUT2D eigenvalue weighted by Gasteiger charge is -2.06. The number of nitro benzene ring substituents is 1. The first-order valence-electron chi connectivity index (χ1n) is 5.37. The topological polar surface area (TPSA) is 52.4 Å². The van der Waals surface area contributed by atoms with Crippen LogP contribution in [-0.2, 0) is 6.61 Å². The fourth-order valence-electron chi connectivity index (χ4n) is 1.52. The first-order valence-corrected chi connectivity index (χ1v) is 5.75. The number of rotatable bonds is 4. The molecule has 0 N–H and O–H groups in total. The minimum atomic E-state index is -0.586. The molecule has 0 fully saturated rings. The van der Waals surface area contributed by atoms with Gasteiger partial charge in [0.1, 0.15) is 23.2 Å². The molecule has 4 nitrogen and oxygen atoms in total. The molecule has 6 heteroatoms. The van der Waals surface area contributed by atoms with Crippen LogP contribution >= 0.6 is 11.6 Å². The Balaban J connectivity index is 2.12. The van der Waals surface area contributed by atoms with E-state index < -0.39 is 4.92 Å². The minimum Gasteiger partial charge on any atom is -0.489 e. The van der Waals surface area contributed by atoms with Crippen LogP contribution in [0.5, 0.6) is 5.75 Å². The van der Waals surface area contributed by atoms with Gasteiger partial charge in [0.25, 0.3) is 5.69 Å². The summed E-state index contributed by atoms with van der Waals surface area (Å²) >= 11 is 5.68. The third-order valence-electron chi connectivity index (χ3n) is 2.41. The van der Waals surface area contributed by atoms with E-state index in [4.69, 9.17) is 16.3 Å². The summed E-state index contributed by atoms with van der Waals surface area (Å²) in [6.07, 6.45) is 0. The van der Waals surface area contributed by atoms with Gasteiger partial charge < -0.3 is 4.74 Å². The molecule has 0 saturated carbocycles. The van der Waals surface area contributed by atoms with Crippen LogP contribution in [0, 0.1) is 15.9 Å². The van der Waals surface area contributed by atoms with Crippen LogP contribution in [0.25, 0.3) is 0 Å². The highest BCUT2D eigenvalue weighted by Gasteiger charge is 2.13. The van der Waals surface area contributed by atoms with Crippen molar-refractivity contribution in [1.82, 2.24) is 0 Å². The quantitative estimate of drug-likeness (QED) is 0.629. The van der Waals surface area contributed by atoms with Gasteiger partial charge in [-0.15, -0.1) is 0 Å². The van der Waals surface area contributed by atoms with Crippen LogP contribution in [0.15, 0.2) is 42.5 Å². The number of benzene rings is 2. The zero-order chi connectivity index (χ0) is 13.8. The normalized spacial score (nSPS) is 10.2. The molecule has 0 heterocycles. The van der Waals surface area contributed by atoms with Crippen molar-refractivity contribution in [3.63, 3.8) is 0 Å². The highest BCUT2D eigenvalue weighted by Crippen LogP contribution is 2.28. The van der Waals surface area contributed by atoms with Crippen LogP contribution in [0.4, 0.5) is 10.1 Å². The lowest BCUT2D eigenvalue weighted by atomic mass is 10.2. The van der Waals surface area contributed by atoms with Crippen LogP contribution in [0.3, 0.4) is 0 Å². The molecule has 19 heavy (non-hydrogen) atoms. The molecule has 0 aliphatic heterocycles. The highest BCUT2D eigenvalue weighted by atomic mass is 35.5. The average Bonchev–Trinajstić information content (AvgIpc) is 2.37. The van der Waals surface area contributed by atoms with Gasteiger partial charge in [0, 0.05) is 0 Å². The molecule has 0 amide bonds. The molecule has 0 aliphatic rings. The Morgan fingerprint density at radius 1 is 1.26 bits per heavy atom. The van der Waals surface area contributed by atoms with E-state index in [0.29, 0.717) is 11.3 Å². The highest BCUT2D eigenvalue weighted by molar-refractivity contribution is 6.32. The van der Waals surface area contributed by atoms with E-state index in [2.05, 4.69) is 0 Å². The van der Waals surface area contributed by atoms with Crippen molar-refractivity contribution >= 4 is 17.3 Å². The van der Waals surface area contributed by atoms with Crippen molar-refractivity contribution in [3.8, 4) is 5.75 Å². The van der Waals surface area contributed by atoms with Gasteiger partial charge in [0.2, 0.25) is 0 Å². The minimum absolute atomic E-state index is 0.0445. The Morgan fingerprint density at radius 2 is 2.05 bits per heavy atom. The van der Waals surface area contributed by atoms with E-state index in [-0.39, 0.29) is 23.1 Å². The van der Waals surface area contributed by atoms with Gasteiger partial charge in [-0.05, 0) is 29.8 Å².